The summed E-state index contributed by atoms with van der Waals surface area (Å²) >= 11 is 0. The Kier molecular flexibility index (Phi) is 7.58. The van der Waals surface area contributed by atoms with Gasteiger partial charge in [-0.25, -0.2) is 14.5 Å². The number of nitrogens with one attached hydrogen (secondary N) is 2. The number of carbonyl (C=O) groups excluding carboxylic acids is 1. The average Bonchev–Trinajstić information content (AvgIpc) is 3.48. The molecule has 210 valence electrons. The maximum absolute atomic E-state index is 15.0. The molecule has 1 aliphatic heterocycles. The van der Waals surface area contributed by atoms with E-state index in [1.165, 1.54) is 6.07 Å². The van der Waals surface area contributed by atoms with Crippen molar-refractivity contribution in [2.24, 2.45) is 0 Å². The maximum atomic E-state index is 15.0. The van der Waals surface area contributed by atoms with Gasteiger partial charge in [0.05, 0.1) is 35.2 Å². The number of aromatic amines is 2. The number of nitrogens with zero attached hydrogens (tertiary/aromatic N) is 5. The van der Waals surface area contributed by atoms with Gasteiger partial charge in [-0.1, -0.05) is 54.6 Å². The smallest absolute Gasteiger partial charge is 0.272 e. The van der Waals surface area contributed by atoms with Gasteiger partial charge in [-0.15, -0.1) is 0 Å². The second-order valence-electron chi connectivity index (χ2n) is 10.4. The van der Waals surface area contributed by atoms with Crippen LogP contribution in [0.4, 0.5) is 4.39 Å². The van der Waals surface area contributed by atoms with Crippen LogP contribution in [-0.2, 0) is 13.0 Å². The van der Waals surface area contributed by atoms with Crippen molar-refractivity contribution in [2.45, 2.75) is 25.4 Å². The van der Waals surface area contributed by atoms with E-state index < -0.39 is 11.7 Å². The Labute approximate surface area is 241 Å². The van der Waals surface area contributed by atoms with Gasteiger partial charge >= 0.3 is 0 Å². The Bertz CT molecular complexity index is 1840. The Hall–Kier alpha value is -5.14. The highest BCUT2D eigenvalue weighted by molar-refractivity contribution is 5.95. The predicted molar refractivity (Wildman–Crippen MR) is 156 cm³/mol. The molecule has 0 unspecified atom stereocenters. The van der Waals surface area contributed by atoms with Crippen LogP contribution in [0.25, 0.3) is 22.2 Å². The fourth-order valence-corrected chi connectivity index (χ4v) is 5.53. The van der Waals surface area contributed by atoms with E-state index in [2.05, 4.69) is 31.1 Å². The molecule has 0 saturated carbocycles. The summed E-state index contributed by atoms with van der Waals surface area (Å²) in [5.74, 6) is -0.276. The van der Waals surface area contributed by atoms with Crippen LogP contribution in [0.15, 0.2) is 83.8 Å². The molecule has 1 amide bonds. The molecule has 5 aromatic rings. The van der Waals surface area contributed by atoms with Gasteiger partial charge in [-0.05, 0) is 23.8 Å². The number of hydrogen-bond acceptors (Lipinski definition) is 6. The summed E-state index contributed by atoms with van der Waals surface area (Å²) in [5, 5.41) is 17.5. The quantitative estimate of drug-likeness (QED) is 0.306. The predicted octanol–water partition coefficient (Wildman–Crippen LogP) is 4.28. The van der Waals surface area contributed by atoms with Crippen molar-refractivity contribution >= 4 is 16.7 Å². The first-order valence-electron chi connectivity index (χ1n) is 13.7. The fraction of sp³-hybridized carbons (Fsp3) is 0.219. The highest BCUT2D eigenvalue weighted by atomic mass is 19.1. The van der Waals surface area contributed by atoms with Crippen LogP contribution < -0.4 is 5.56 Å². The molecule has 1 saturated heterocycles. The molecule has 42 heavy (non-hydrogen) atoms. The Morgan fingerprint density at radius 3 is 2.64 bits per heavy atom. The molecule has 1 atom stereocenters. The Balaban J connectivity index is 1.18. The second-order valence-corrected chi connectivity index (χ2v) is 10.4. The Morgan fingerprint density at radius 2 is 1.83 bits per heavy atom. The van der Waals surface area contributed by atoms with E-state index in [-0.39, 0.29) is 23.6 Å². The van der Waals surface area contributed by atoms with Crippen LogP contribution in [0.2, 0.25) is 0 Å². The zero-order valence-electron chi connectivity index (χ0n) is 22.8. The number of aromatic nitrogens is 4. The third-order valence-corrected chi connectivity index (χ3v) is 7.63. The molecule has 2 aromatic heterocycles. The Morgan fingerprint density at radius 1 is 1.05 bits per heavy atom. The van der Waals surface area contributed by atoms with E-state index in [1.54, 1.807) is 35.4 Å². The number of hydrogen-bond donors (Lipinski definition) is 2. The number of rotatable bonds is 7. The van der Waals surface area contributed by atoms with Gasteiger partial charge in [0.2, 0.25) is 0 Å². The first-order chi connectivity index (χ1) is 20.5. The number of amides is 1. The molecular weight excluding hydrogens is 533 g/mol. The minimum Gasteiger partial charge on any atom is -0.341 e. The lowest BCUT2D eigenvalue weighted by atomic mass is 10.0. The summed E-state index contributed by atoms with van der Waals surface area (Å²) in [6, 6.07) is 23.3. The van der Waals surface area contributed by atoms with Gasteiger partial charge in [-0.3, -0.25) is 14.5 Å². The second kappa shape index (κ2) is 11.8. The lowest BCUT2D eigenvalue weighted by molar-refractivity contribution is 0.0441. The van der Waals surface area contributed by atoms with Crippen molar-refractivity contribution in [1.82, 2.24) is 30.0 Å². The summed E-state index contributed by atoms with van der Waals surface area (Å²) in [7, 11) is 0. The molecule has 1 aliphatic rings. The molecule has 1 fully saturated rings. The summed E-state index contributed by atoms with van der Waals surface area (Å²) in [4.78, 5) is 37.5. The minimum atomic E-state index is -0.618. The number of halogens is 1. The van der Waals surface area contributed by atoms with E-state index in [4.69, 9.17) is 0 Å². The molecule has 3 aromatic carbocycles. The number of carbonyl (C=O) groups is 1. The maximum Gasteiger partial charge on any atom is 0.272 e. The highest BCUT2D eigenvalue weighted by Gasteiger charge is 2.32. The van der Waals surface area contributed by atoms with E-state index in [0.717, 1.165) is 17.1 Å². The van der Waals surface area contributed by atoms with E-state index in [9.17, 15) is 14.9 Å². The van der Waals surface area contributed by atoms with Crippen molar-refractivity contribution < 1.29 is 9.18 Å². The number of imidazole rings is 1. The molecule has 10 heteroatoms. The molecular formula is C32H28FN7O2. The van der Waals surface area contributed by atoms with Crippen LogP contribution in [0, 0.1) is 17.1 Å². The molecule has 6 rings (SSSR count). The molecule has 3 heterocycles. The summed E-state index contributed by atoms with van der Waals surface area (Å²) < 4.78 is 15.0. The topological polar surface area (TPSA) is 122 Å². The lowest BCUT2D eigenvalue weighted by Crippen LogP contribution is -2.54. The van der Waals surface area contributed by atoms with Gasteiger partial charge in [-0.2, -0.15) is 10.4 Å². The number of piperazine rings is 1. The van der Waals surface area contributed by atoms with Crippen molar-refractivity contribution in [1.29, 1.82) is 5.26 Å². The van der Waals surface area contributed by atoms with Crippen molar-refractivity contribution in [3.63, 3.8) is 0 Å². The zero-order valence-corrected chi connectivity index (χ0v) is 22.8. The molecule has 9 nitrogen and oxygen atoms in total. The van der Waals surface area contributed by atoms with Crippen LogP contribution in [0.5, 0.6) is 0 Å². The van der Waals surface area contributed by atoms with Gasteiger partial charge in [0.25, 0.3) is 11.5 Å². The fourth-order valence-electron chi connectivity index (χ4n) is 5.53. The molecule has 2 N–H and O–H groups in total. The summed E-state index contributed by atoms with van der Waals surface area (Å²) in [6.07, 6.45) is 2.25. The number of fused-ring (bicyclic) bond motifs is 1. The number of benzene rings is 3. The first kappa shape index (κ1) is 27.1. The average molecular weight is 562 g/mol. The molecule has 0 spiro atoms. The van der Waals surface area contributed by atoms with Crippen molar-refractivity contribution in [3.05, 3.63) is 118 Å². The molecule has 0 bridgehead atoms. The third-order valence-electron chi connectivity index (χ3n) is 7.63. The lowest BCUT2D eigenvalue weighted by Gasteiger charge is -2.40. The summed E-state index contributed by atoms with van der Waals surface area (Å²) in [6.45, 7) is 2.00. The van der Waals surface area contributed by atoms with Crippen LogP contribution in [-0.4, -0.2) is 61.5 Å². The van der Waals surface area contributed by atoms with Crippen molar-refractivity contribution in [3.8, 4) is 17.5 Å². The number of nitriles is 1. The van der Waals surface area contributed by atoms with Gasteiger partial charge in [0.15, 0.2) is 0 Å². The number of H-pyrrole nitrogens is 2. The summed E-state index contributed by atoms with van der Waals surface area (Å²) in [5.41, 5.74) is 2.92. The molecule has 0 radical (unpaired) electrons. The minimum absolute atomic E-state index is 0.0429. The van der Waals surface area contributed by atoms with Gasteiger partial charge < -0.3 is 9.88 Å². The largest absolute Gasteiger partial charge is 0.341 e. The van der Waals surface area contributed by atoms with Crippen LogP contribution in [0.1, 0.15) is 33.7 Å². The van der Waals surface area contributed by atoms with Gasteiger partial charge in [0, 0.05) is 55.4 Å². The normalized spacial score (nSPS) is 15.5. The monoisotopic (exact) mass is 561 g/mol. The van der Waals surface area contributed by atoms with E-state index >= 15 is 4.39 Å². The van der Waals surface area contributed by atoms with Gasteiger partial charge in [0.1, 0.15) is 11.6 Å². The van der Waals surface area contributed by atoms with E-state index in [1.807, 2.05) is 42.5 Å². The highest BCUT2D eigenvalue weighted by Crippen LogP contribution is 2.23. The van der Waals surface area contributed by atoms with Crippen LogP contribution >= 0.6 is 0 Å². The SMILES string of the molecule is N#CC[C@@H]1CN(Cc2cnc(-c3ccccc3)[nH]2)CCN1C(=O)c1cc(Cc2n[nH]c(=O)c3ccccc23)ccc1F. The van der Waals surface area contributed by atoms with E-state index in [0.29, 0.717) is 54.6 Å². The third kappa shape index (κ3) is 5.55. The molecule has 0 aliphatic carbocycles. The standard InChI is InChI=1S/C32H28FN7O2/c33-28-11-10-21(17-29-25-8-4-5-9-26(25)31(41)38-37-29)16-27(28)32(42)40-15-14-39(20-24(40)12-13-34)19-23-18-35-30(36-23)22-6-2-1-3-7-22/h1-11,16,18,24H,12,14-15,17,19-20H2,(H,35,36)(H,38,41)/t24-/m1/s1. The van der Waals surface area contributed by atoms with Crippen molar-refractivity contribution in [2.75, 3.05) is 19.6 Å². The first-order valence-corrected chi connectivity index (χ1v) is 13.7. The van der Waals surface area contributed by atoms with Crippen LogP contribution in [0.3, 0.4) is 0 Å². The zero-order chi connectivity index (χ0) is 29.1.